The molecule has 2 aromatic rings. The maximum absolute atomic E-state index is 12.6. The van der Waals surface area contributed by atoms with Crippen LogP contribution in [-0.2, 0) is 9.53 Å². The normalized spacial score (nSPS) is 15.6. The molecule has 1 aliphatic rings. The molecule has 1 aromatic carbocycles. The fraction of sp³-hybridized carbons (Fsp3) is 0.0625. The van der Waals surface area contributed by atoms with Gasteiger partial charge in [-0.2, -0.15) is 0 Å². The van der Waals surface area contributed by atoms with Crippen LogP contribution >= 0.6 is 35.4 Å². The van der Waals surface area contributed by atoms with E-state index in [0.29, 0.717) is 17.1 Å². The summed E-state index contributed by atoms with van der Waals surface area (Å²) < 4.78 is 10.4. The summed E-state index contributed by atoms with van der Waals surface area (Å²) in [6, 6.07) is 6.14. The highest BCUT2D eigenvalue weighted by atomic mass is 35.5. The number of anilines is 1. The molecule has 1 N–H and O–H groups in total. The first-order chi connectivity index (χ1) is 11.9. The molecule has 9 heteroatoms. The number of phenolic OH excluding ortho intramolecular Hbond substituents is 1. The Kier molecular flexibility index (Phi) is 4.80. The van der Waals surface area contributed by atoms with Crippen LogP contribution in [0.15, 0.2) is 36.2 Å². The van der Waals surface area contributed by atoms with E-state index in [0.717, 1.165) is 0 Å². The number of methoxy groups -OCH3 is 1. The number of aromatic nitrogens is 1. The molecule has 1 aromatic heterocycles. The summed E-state index contributed by atoms with van der Waals surface area (Å²) in [6.45, 7) is 0. The molecule has 6 nitrogen and oxygen atoms in total. The lowest BCUT2D eigenvalue weighted by Crippen LogP contribution is -2.28. The van der Waals surface area contributed by atoms with Gasteiger partial charge in [-0.05, 0) is 42.1 Å². The second-order valence-electron chi connectivity index (χ2n) is 4.91. The third-order valence-corrected chi connectivity index (χ3v) is 4.16. The molecule has 0 saturated carbocycles. The number of carbonyl (C=O) groups is 1. The Morgan fingerprint density at radius 2 is 2.00 bits per heavy atom. The predicted octanol–water partition coefficient (Wildman–Crippen LogP) is 3.79. The van der Waals surface area contributed by atoms with Crippen molar-refractivity contribution in [2.75, 3.05) is 12.0 Å². The van der Waals surface area contributed by atoms with E-state index in [1.807, 2.05) is 0 Å². The van der Waals surface area contributed by atoms with E-state index in [1.54, 1.807) is 12.1 Å². The van der Waals surface area contributed by atoms with Crippen molar-refractivity contribution in [3.63, 3.8) is 0 Å². The van der Waals surface area contributed by atoms with Gasteiger partial charge in [-0.15, -0.1) is 0 Å². The fourth-order valence-electron chi connectivity index (χ4n) is 2.14. The minimum atomic E-state index is -0.461. The number of phenols is 1. The van der Waals surface area contributed by atoms with E-state index in [4.69, 9.17) is 44.9 Å². The molecule has 2 heterocycles. The second kappa shape index (κ2) is 6.87. The molecular weight excluding hydrogens is 387 g/mol. The second-order valence-corrected chi connectivity index (χ2v) is 6.07. The number of aromatic hydroxyl groups is 1. The molecule has 0 unspecified atom stereocenters. The van der Waals surface area contributed by atoms with E-state index in [9.17, 15) is 9.90 Å². The van der Waals surface area contributed by atoms with Crippen LogP contribution in [0, 0.1) is 0 Å². The Hall–Kier alpha value is -2.35. The maximum atomic E-state index is 12.6. The van der Waals surface area contributed by atoms with Crippen LogP contribution in [0.3, 0.4) is 0 Å². The first kappa shape index (κ1) is 17.5. The van der Waals surface area contributed by atoms with Crippen LogP contribution in [0.2, 0.25) is 10.0 Å². The monoisotopic (exact) mass is 396 g/mol. The van der Waals surface area contributed by atoms with Gasteiger partial charge in [0, 0.05) is 6.07 Å². The molecule has 0 bridgehead atoms. The SMILES string of the molecule is COc1ccc(N2C(=O)C(=Cc3cc(Cl)c(O)c(Cl)c3)OC2=S)cn1. The summed E-state index contributed by atoms with van der Waals surface area (Å²) in [7, 11) is 1.49. The predicted molar refractivity (Wildman–Crippen MR) is 98.1 cm³/mol. The zero-order valence-corrected chi connectivity index (χ0v) is 15.0. The maximum Gasteiger partial charge on any atom is 0.301 e. The minimum absolute atomic E-state index is 0.00126. The molecule has 0 spiro atoms. The molecule has 1 fully saturated rings. The lowest BCUT2D eigenvalue weighted by Gasteiger charge is -2.11. The van der Waals surface area contributed by atoms with Gasteiger partial charge in [0.15, 0.2) is 11.5 Å². The molecule has 0 aliphatic carbocycles. The number of ether oxygens (including phenoxy) is 2. The first-order valence-corrected chi connectivity index (χ1v) is 8.03. The van der Waals surface area contributed by atoms with Crippen LogP contribution < -0.4 is 9.64 Å². The lowest BCUT2D eigenvalue weighted by molar-refractivity contribution is -0.114. The van der Waals surface area contributed by atoms with E-state index in [-0.39, 0.29) is 26.7 Å². The van der Waals surface area contributed by atoms with E-state index >= 15 is 0 Å². The third kappa shape index (κ3) is 3.39. The number of hydrogen-bond donors (Lipinski definition) is 1. The van der Waals surface area contributed by atoms with Gasteiger partial charge >= 0.3 is 5.91 Å². The van der Waals surface area contributed by atoms with Gasteiger partial charge in [0.05, 0.1) is 29.0 Å². The first-order valence-electron chi connectivity index (χ1n) is 6.86. The molecule has 0 atom stereocenters. The third-order valence-electron chi connectivity index (χ3n) is 3.32. The summed E-state index contributed by atoms with van der Waals surface area (Å²) >= 11 is 16.9. The van der Waals surface area contributed by atoms with Crippen molar-refractivity contribution in [1.82, 2.24) is 4.98 Å². The number of nitrogens with zero attached hydrogens (tertiary/aromatic N) is 2. The van der Waals surface area contributed by atoms with Crippen LogP contribution in [0.1, 0.15) is 5.56 Å². The van der Waals surface area contributed by atoms with Crippen molar-refractivity contribution in [3.8, 4) is 11.6 Å². The Bertz CT molecular complexity index is 877. The molecule has 128 valence electrons. The number of hydrogen-bond acceptors (Lipinski definition) is 6. The van der Waals surface area contributed by atoms with Gasteiger partial charge in [-0.25, -0.2) is 9.88 Å². The summed E-state index contributed by atoms with van der Waals surface area (Å²) in [5.41, 5.74) is 0.926. The number of rotatable bonds is 3. The molecule has 25 heavy (non-hydrogen) atoms. The average Bonchev–Trinajstić information content (AvgIpc) is 2.86. The lowest BCUT2D eigenvalue weighted by atomic mass is 10.2. The highest BCUT2D eigenvalue weighted by Crippen LogP contribution is 2.34. The number of carbonyl (C=O) groups excluding carboxylic acids is 1. The number of pyridine rings is 1. The van der Waals surface area contributed by atoms with Gasteiger partial charge in [0.2, 0.25) is 5.88 Å². The van der Waals surface area contributed by atoms with Crippen molar-refractivity contribution in [3.05, 3.63) is 51.8 Å². The van der Waals surface area contributed by atoms with Crippen LogP contribution in [0.5, 0.6) is 11.6 Å². The Balaban J connectivity index is 1.92. The van der Waals surface area contributed by atoms with Crippen molar-refractivity contribution in [2.45, 2.75) is 0 Å². The topological polar surface area (TPSA) is 71.9 Å². The number of halogens is 2. The summed E-state index contributed by atoms with van der Waals surface area (Å²) in [6.07, 6.45) is 2.88. The zero-order chi connectivity index (χ0) is 18.1. The summed E-state index contributed by atoms with van der Waals surface area (Å²) in [5, 5.41) is 9.68. The number of amides is 1. The quantitative estimate of drug-likeness (QED) is 0.628. The van der Waals surface area contributed by atoms with Crippen molar-refractivity contribution in [1.29, 1.82) is 0 Å². The van der Waals surface area contributed by atoms with E-state index in [2.05, 4.69) is 4.98 Å². The smallest absolute Gasteiger partial charge is 0.301 e. The molecule has 0 radical (unpaired) electrons. The van der Waals surface area contributed by atoms with E-state index < -0.39 is 5.91 Å². The highest BCUT2D eigenvalue weighted by Gasteiger charge is 2.35. The Labute approximate surface area is 158 Å². The van der Waals surface area contributed by atoms with Gasteiger partial charge in [-0.1, -0.05) is 23.2 Å². The van der Waals surface area contributed by atoms with Crippen LogP contribution in [-0.4, -0.2) is 28.3 Å². The molecule has 3 rings (SSSR count). The average molecular weight is 397 g/mol. The number of thiocarbonyl (C=S) groups is 1. The molecular formula is C16H10Cl2N2O4S. The van der Waals surface area contributed by atoms with Gasteiger partial charge in [-0.3, -0.25) is 4.79 Å². The van der Waals surface area contributed by atoms with Crippen molar-refractivity contribution < 1.29 is 19.4 Å². The molecule has 1 amide bonds. The number of benzene rings is 1. The van der Waals surface area contributed by atoms with Gasteiger partial charge < -0.3 is 14.6 Å². The molecule has 1 saturated heterocycles. The van der Waals surface area contributed by atoms with Crippen LogP contribution in [0.25, 0.3) is 6.08 Å². The highest BCUT2D eigenvalue weighted by molar-refractivity contribution is 7.80. The fourth-order valence-corrected chi connectivity index (χ4v) is 2.92. The minimum Gasteiger partial charge on any atom is -0.505 e. The standard InChI is InChI=1S/C16H10Cl2N2O4S/c1-23-13-3-2-9(7-19-13)20-15(22)12(24-16(20)25)6-8-4-10(17)14(21)11(18)5-8/h2-7,21H,1H3. The van der Waals surface area contributed by atoms with Crippen molar-refractivity contribution in [2.24, 2.45) is 0 Å². The van der Waals surface area contributed by atoms with Crippen molar-refractivity contribution >= 4 is 58.3 Å². The Morgan fingerprint density at radius 3 is 2.56 bits per heavy atom. The van der Waals surface area contributed by atoms with Gasteiger partial charge in [0.1, 0.15) is 0 Å². The van der Waals surface area contributed by atoms with Gasteiger partial charge in [0.25, 0.3) is 5.17 Å². The summed E-state index contributed by atoms with van der Waals surface area (Å²) in [5.74, 6) is -0.284. The zero-order valence-electron chi connectivity index (χ0n) is 12.7. The van der Waals surface area contributed by atoms with Crippen LogP contribution in [0.4, 0.5) is 5.69 Å². The molecule has 1 aliphatic heterocycles. The Morgan fingerprint density at radius 1 is 1.32 bits per heavy atom. The van der Waals surface area contributed by atoms with E-state index in [1.165, 1.54) is 36.4 Å². The largest absolute Gasteiger partial charge is 0.505 e. The summed E-state index contributed by atoms with van der Waals surface area (Å²) in [4.78, 5) is 17.8.